The van der Waals surface area contributed by atoms with Crippen molar-refractivity contribution in [1.82, 2.24) is 5.32 Å². The predicted octanol–water partition coefficient (Wildman–Crippen LogP) is 2.48. The van der Waals surface area contributed by atoms with Crippen molar-refractivity contribution < 1.29 is 9.59 Å². The lowest BCUT2D eigenvalue weighted by molar-refractivity contribution is -0.120. The molecule has 18 heavy (non-hydrogen) atoms. The van der Waals surface area contributed by atoms with Crippen molar-refractivity contribution in [2.45, 2.75) is 32.6 Å². The predicted molar refractivity (Wildman–Crippen MR) is 70.6 cm³/mol. The van der Waals surface area contributed by atoms with Gasteiger partial charge in [0, 0.05) is 18.7 Å². The van der Waals surface area contributed by atoms with Gasteiger partial charge >= 0.3 is 6.03 Å². The zero-order valence-electron chi connectivity index (χ0n) is 10.6. The van der Waals surface area contributed by atoms with E-state index in [1.807, 2.05) is 12.1 Å². The Balaban J connectivity index is 2.05. The molecular formula is C14H18N2O2. The summed E-state index contributed by atoms with van der Waals surface area (Å²) in [6.45, 7) is 2.63. The SMILES string of the molecule is CCCCc1ccc(N2CCC(=O)NC2=O)cc1. The minimum Gasteiger partial charge on any atom is -0.294 e. The van der Waals surface area contributed by atoms with Crippen molar-refractivity contribution in [2.75, 3.05) is 11.4 Å². The van der Waals surface area contributed by atoms with E-state index >= 15 is 0 Å². The summed E-state index contributed by atoms with van der Waals surface area (Å²) in [6, 6.07) is 7.66. The van der Waals surface area contributed by atoms with Gasteiger partial charge in [0.15, 0.2) is 0 Å². The van der Waals surface area contributed by atoms with E-state index in [4.69, 9.17) is 0 Å². The Kier molecular flexibility index (Phi) is 3.97. The van der Waals surface area contributed by atoms with E-state index < -0.39 is 0 Å². The average Bonchev–Trinajstić information content (AvgIpc) is 2.37. The summed E-state index contributed by atoms with van der Waals surface area (Å²) >= 11 is 0. The van der Waals surface area contributed by atoms with E-state index in [1.165, 1.54) is 18.4 Å². The van der Waals surface area contributed by atoms with Gasteiger partial charge in [-0.2, -0.15) is 0 Å². The van der Waals surface area contributed by atoms with E-state index in [0.29, 0.717) is 13.0 Å². The van der Waals surface area contributed by atoms with Crippen LogP contribution in [0.2, 0.25) is 0 Å². The zero-order chi connectivity index (χ0) is 13.0. The molecule has 96 valence electrons. The lowest BCUT2D eigenvalue weighted by Crippen LogP contribution is -2.49. The smallest absolute Gasteiger partial charge is 0.294 e. The molecule has 1 saturated heterocycles. The molecule has 0 atom stereocenters. The number of nitrogens with one attached hydrogen (secondary N) is 1. The van der Waals surface area contributed by atoms with Crippen molar-refractivity contribution in [1.29, 1.82) is 0 Å². The molecule has 0 aromatic heterocycles. The molecule has 0 radical (unpaired) electrons. The van der Waals surface area contributed by atoms with Crippen LogP contribution in [0.3, 0.4) is 0 Å². The molecule has 1 fully saturated rings. The number of aryl methyl sites for hydroxylation is 1. The fourth-order valence-electron chi connectivity index (χ4n) is 2.03. The molecule has 1 aromatic carbocycles. The number of urea groups is 1. The van der Waals surface area contributed by atoms with Crippen LogP contribution in [0.4, 0.5) is 10.5 Å². The Morgan fingerprint density at radius 1 is 1.22 bits per heavy atom. The first-order valence-electron chi connectivity index (χ1n) is 6.41. The Morgan fingerprint density at radius 2 is 1.94 bits per heavy atom. The van der Waals surface area contributed by atoms with Crippen LogP contribution in [0, 0.1) is 0 Å². The molecule has 0 unspecified atom stereocenters. The third kappa shape index (κ3) is 2.88. The quantitative estimate of drug-likeness (QED) is 0.887. The number of rotatable bonds is 4. The molecular weight excluding hydrogens is 228 g/mol. The lowest BCUT2D eigenvalue weighted by Gasteiger charge is -2.26. The fraction of sp³-hybridized carbons (Fsp3) is 0.429. The molecule has 3 amide bonds. The first kappa shape index (κ1) is 12.6. The second-order valence-electron chi connectivity index (χ2n) is 4.52. The minimum absolute atomic E-state index is 0.198. The number of benzene rings is 1. The van der Waals surface area contributed by atoms with Gasteiger partial charge in [-0.25, -0.2) is 4.79 Å². The van der Waals surface area contributed by atoms with Crippen molar-refractivity contribution >= 4 is 17.6 Å². The summed E-state index contributed by atoms with van der Waals surface area (Å²) in [6.07, 6.45) is 3.79. The molecule has 0 bridgehead atoms. The van der Waals surface area contributed by atoms with Gasteiger partial charge in [0.25, 0.3) is 0 Å². The highest BCUT2D eigenvalue weighted by atomic mass is 16.2. The molecule has 1 aromatic rings. The van der Waals surface area contributed by atoms with Gasteiger partial charge < -0.3 is 0 Å². The van der Waals surface area contributed by atoms with Crippen molar-refractivity contribution in [2.24, 2.45) is 0 Å². The third-order valence-corrected chi connectivity index (χ3v) is 3.12. The molecule has 4 heteroatoms. The number of imide groups is 1. The number of amides is 3. The monoisotopic (exact) mass is 246 g/mol. The van der Waals surface area contributed by atoms with Crippen molar-refractivity contribution in [3.63, 3.8) is 0 Å². The van der Waals surface area contributed by atoms with Gasteiger partial charge in [-0.15, -0.1) is 0 Å². The summed E-state index contributed by atoms with van der Waals surface area (Å²) in [5.41, 5.74) is 2.13. The Morgan fingerprint density at radius 3 is 2.56 bits per heavy atom. The maximum atomic E-state index is 11.7. The molecule has 1 aliphatic rings. The summed E-state index contributed by atoms with van der Waals surface area (Å²) in [5, 5.41) is 2.32. The van der Waals surface area contributed by atoms with Gasteiger partial charge in [0.05, 0.1) is 0 Å². The zero-order valence-corrected chi connectivity index (χ0v) is 10.6. The summed E-state index contributed by atoms with van der Waals surface area (Å²) in [4.78, 5) is 24.3. The van der Waals surface area contributed by atoms with Gasteiger partial charge in [-0.3, -0.25) is 15.0 Å². The van der Waals surface area contributed by atoms with Gasteiger partial charge in [-0.05, 0) is 30.5 Å². The highest BCUT2D eigenvalue weighted by Gasteiger charge is 2.23. The maximum absolute atomic E-state index is 11.7. The minimum atomic E-state index is -0.326. The summed E-state index contributed by atoms with van der Waals surface area (Å²) < 4.78 is 0. The lowest BCUT2D eigenvalue weighted by atomic mass is 10.1. The van der Waals surface area contributed by atoms with Crippen LogP contribution in [-0.4, -0.2) is 18.5 Å². The van der Waals surface area contributed by atoms with E-state index in [-0.39, 0.29) is 11.9 Å². The number of nitrogens with zero attached hydrogens (tertiary/aromatic N) is 1. The molecule has 1 N–H and O–H groups in total. The second-order valence-corrected chi connectivity index (χ2v) is 4.52. The normalized spacial score (nSPS) is 15.7. The number of hydrogen-bond donors (Lipinski definition) is 1. The van der Waals surface area contributed by atoms with Crippen LogP contribution in [0.25, 0.3) is 0 Å². The molecule has 0 aliphatic carbocycles. The van der Waals surface area contributed by atoms with E-state index in [1.54, 1.807) is 4.90 Å². The summed E-state index contributed by atoms with van der Waals surface area (Å²) in [7, 11) is 0. The molecule has 1 aliphatic heterocycles. The van der Waals surface area contributed by atoms with Gasteiger partial charge in [0.1, 0.15) is 0 Å². The largest absolute Gasteiger partial charge is 0.328 e. The highest BCUT2D eigenvalue weighted by Crippen LogP contribution is 2.18. The molecule has 2 rings (SSSR count). The van der Waals surface area contributed by atoms with E-state index in [0.717, 1.165) is 12.1 Å². The topological polar surface area (TPSA) is 49.4 Å². The third-order valence-electron chi connectivity index (χ3n) is 3.12. The fourth-order valence-corrected chi connectivity index (χ4v) is 2.03. The second kappa shape index (κ2) is 5.67. The van der Waals surface area contributed by atoms with Crippen LogP contribution in [0.5, 0.6) is 0 Å². The van der Waals surface area contributed by atoms with Crippen LogP contribution >= 0.6 is 0 Å². The van der Waals surface area contributed by atoms with Gasteiger partial charge in [0.2, 0.25) is 5.91 Å². The molecule has 4 nitrogen and oxygen atoms in total. The number of carbonyl (C=O) groups is 2. The average molecular weight is 246 g/mol. The standard InChI is InChI=1S/C14H18N2O2/c1-2-3-4-11-5-7-12(8-6-11)16-10-9-13(17)15-14(16)18/h5-8H,2-4,9-10H2,1H3,(H,15,17,18). The Labute approximate surface area is 107 Å². The molecule has 0 spiro atoms. The summed E-state index contributed by atoms with van der Waals surface area (Å²) in [5.74, 6) is -0.198. The number of unbranched alkanes of at least 4 members (excludes halogenated alkanes) is 1. The van der Waals surface area contributed by atoms with Crippen molar-refractivity contribution in [3.8, 4) is 0 Å². The number of anilines is 1. The van der Waals surface area contributed by atoms with Crippen LogP contribution in [-0.2, 0) is 11.2 Å². The molecule has 0 saturated carbocycles. The Hall–Kier alpha value is -1.84. The first-order chi connectivity index (χ1) is 8.70. The highest BCUT2D eigenvalue weighted by molar-refractivity contribution is 6.05. The van der Waals surface area contributed by atoms with Crippen LogP contribution in [0.1, 0.15) is 31.7 Å². The first-order valence-corrected chi connectivity index (χ1v) is 6.41. The Bertz CT molecular complexity index is 440. The number of hydrogen-bond acceptors (Lipinski definition) is 2. The van der Waals surface area contributed by atoms with Gasteiger partial charge in [-0.1, -0.05) is 25.5 Å². The molecule has 1 heterocycles. The van der Waals surface area contributed by atoms with Crippen LogP contribution < -0.4 is 10.2 Å². The van der Waals surface area contributed by atoms with Crippen molar-refractivity contribution in [3.05, 3.63) is 29.8 Å². The van der Waals surface area contributed by atoms with E-state index in [2.05, 4.69) is 24.4 Å². The number of carbonyl (C=O) groups excluding carboxylic acids is 2. The van der Waals surface area contributed by atoms with Crippen LogP contribution in [0.15, 0.2) is 24.3 Å². The van der Waals surface area contributed by atoms with E-state index in [9.17, 15) is 9.59 Å². The maximum Gasteiger partial charge on any atom is 0.328 e.